The van der Waals surface area contributed by atoms with Crippen molar-refractivity contribution in [2.45, 2.75) is 12.3 Å². The van der Waals surface area contributed by atoms with Crippen LogP contribution in [0, 0.1) is 0 Å². The molecular formula is C15H16ClNO2. The first-order chi connectivity index (χ1) is 9.31. The molecule has 0 aliphatic heterocycles. The predicted octanol–water partition coefficient (Wildman–Crippen LogP) is 3.16. The Hall–Kier alpha value is -1.74. The van der Waals surface area contributed by atoms with E-state index < -0.39 is 0 Å². The van der Waals surface area contributed by atoms with E-state index in [4.69, 9.17) is 16.0 Å². The van der Waals surface area contributed by atoms with Crippen molar-refractivity contribution in [3.8, 4) is 0 Å². The third-order valence-electron chi connectivity index (χ3n) is 2.97. The lowest BCUT2D eigenvalue weighted by Crippen LogP contribution is -2.26. The van der Waals surface area contributed by atoms with Gasteiger partial charge in [-0.15, -0.1) is 11.6 Å². The molecule has 19 heavy (non-hydrogen) atoms. The number of hydrogen-bond acceptors (Lipinski definition) is 2. The highest BCUT2D eigenvalue weighted by Crippen LogP contribution is 2.27. The molecule has 0 radical (unpaired) electrons. The smallest absolute Gasteiger partial charge is 0.234 e. The second-order valence-corrected chi connectivity index (χ2v) is 4.52. The van der Waals surface area contributed by atoms with Crippen LogP contribution in [-0.4, -0.2) is 18.3 Å². The van der Waals surface area contributed by atoms with E-state index in [0.717, 1.165) is 12.2 Å². The Morgan fingerprint density at radius 2 is 2.00 bits per heavy atom. The van der Waals surface area contributed by atoms with E-state index in [1.807, 2.05) is 30.3 Å². The molecule has 100 valence electrons. The van der Waals surface area contributed by atoms with Crippen molar-refractivity contribution in [3.63, 3.8) is 0 Å². The zero-order chi connectivity index (χ0) is 13.5. The van der Waals surface area contributed by atoms with E-state index in [1.165, 1.54) is 5.56 Å². The fraction of sp³-hybridized carbons (Fsp3) is 0.267. The zero-order valence-corrected chi connectivity index (χ0v) is 11.3. The van der Waals surface area contributed by atoms with Gasteiger partial charge in [0.15, 0.2) is 0 Å². The molecule has 1 heterocycles. The van der Waals surface area contributed by atoms with Crippen molar-refractivity contribution < 1.29 is 9.21 Å². The van der Waals surface area contributed by atoms with E-state index in [2.05, 4.69) is 17.4 Å². The third kappa shape index (κ3) is 3.86. The molecule has 0 spiro atoms. The Labute approximate surface area is 117 Å². The molecule has 0 aliphatic carbocycles. The standard InChI is InChI=1S/C15H16ClNO2/c16-11-15(18)17-9-8-13(14-7-4-10-19-14)12-5-2-1-3-6-12/h1-7,10,13H,8-9,11H2,(H,17,18)/t13-/m0/s1. The summed E-state index contributed by atoms with van der Waals surface area (Å²) in [4.78, 5) is 11.1. The molecular weight excluding hydrogens is 262 g/mol. The largest absolute Gasteiger partial charge is 0.469 e. The molecule has 4 heteroatoms. The summed E-state index contributed by atoms with van der Waals surface area (Å²) in [5, 5.41) is 2.78. The highest BCUT2D eigenvalue weighted by atomic mass is 35.5. The minimum absolute atomic E-state index is 0.00322. The summed E-state index contributed by atoms with van der Waals surface area (Å²) < 4.78 is 5.50. The topological polar surface area (TPSA) is 42.2 Å². The number of hydrogen-bond donors (Lipinski definition) is 1. The van der Waals surface area contributed by atoms with Crippen LogP contribution in [0.25, 0.3) is 0 Å². The van der Waals surface area contributed by atoms with E-state index >= 15 is 0 Å². The molecule has 0 unspecified atom stereocenters. The van der Waals surface area contributed by atoms with Gasteiger partial charge in [0.1, 0.15) is 11.6 Å². The number of rotatable bonds is 6. The van der Waals surface area contributed by atoms with Crippen molar-refractivity contribution in [1.82, 2.24) is 5.32 Å². The van der Waals surface area contributed by atoms with Gasteiger partial charge >= 0.3 is 0 Å². The Morgan fingerprint density at radius 1 is 1.21 bits per heavy atom. The average molecular weight is 278 g/mol. The van der Waals surface area contributed by atoms with Crippen molar-refractivity contribution in [2.75, 3.05) is 12.4 Å². The molecule has 2 rings (SSSR count). The van der Waals surface area contributed by atoms with Crippen LogP contribution in [0.5, 0.6) is 0 Å². The van der Waals surface area contributed by atoms with Gasteiger partial charge in [0.25, 0.3) is 0 Å². The van der Waals surface area contributed by atoms with Gasteiger partial charge in [0.05, 0.1) is 6.26 Å². The highest BCUT2D eigenvalue weighted by molar-refractivity contribution is 6.27. The summed E-state index contributed by atoms with van der Waals surface area (Å²) in [6.07, 6.45) is 2.45. The van der Waals surface area contributed by atoms with Gasteiger partial charge in [-0.1, -0.05) is 30.3 Å². The van der Waals surface area contributed by atoms with Gasteiger partial charge in [-0.2, -0.15) is 0 Å². The minimum Gasteiger partial charge on any atom is -0.469 e. The number of nitrogens with one attached hydrogen (secondary N) is 1. The summed E-state index contributed by atoms with van der Waals surface area (Å²) in [5.74, 6) is 0.905. The predicted molar refractivity (Wildman–Crippen MR) is 75.3 cm³/mol. The quantitative estimate of drug-likeness (QED) is 0.824. The Balaban J connectivity index is 2.06. The van der Waals surface area contributed by atoms with E-state index in [1.54, 1.807) is 6.26 Å². The molecule has 0 saturated carbocycles. The van der Waals surface area contributed by atoms with Gasteiger partial charge in [-0.05, 0) is 24.1 Å². The van der Waals surface area contributed by atoms with Crippen LogP contribution in [0.15, 0.2) is 53.1 Å². The van der Waals surface area contributed by atoms with E-state index in [9.17, 15) is 4.79 Å². The first-order valence-corrected chi connectivity index (χ1v) is 6.75. The first kappa shape index (κ1) is 13.7. The van der Waals surface area contributed by atoms with Gasteiger partial charge in [0, 0.05) is 12.5 Å². The molecule has 0 fully saturated rings. The Kier molecular flexibility index (Phi) is 5.04. The molecule has 1 aromatic heterocycles. The molecule has 0 saturated heterocycles. The summed E-state index contributed by atoms with van der Waals surface area (Å²) in [6, 6.07) is 14.0. The Bertz CT molecular complexity index is 496. The zero-order valence-electron chi connectivity index (χ0n) is 10.5. The molecule has 3 nitrogen and oxygen atoms in total. The maximum atomic E-state index is 11.1. The molecule has 0 bridgehead atoms. The van der Waals surface area contributed by atoms with Crippen LogP contribution < -0.4 is 5.32 Å². The first-order valence-electron chi connectivity index (χ1n) is 6.22. The van der Waals surface area contributed by atoms with E-state index in [-0.39, 0.29) is 17.7 Å². The summed E-state index contributed by atoms with van der Waals surface area (Å²) >= 11 is 5.45. The van der Waals surface area contributed by atoms with Crippen LogP contribution in [0.4, 0.5) is 0 Å². The normalized spacial score (nSPS) is 12.1. The summed E-state index contributed by atoms with van der Waals surface area (Å²) in [7, 11) is 0. The number of amides is 1. The number of benzene rings is 1. The Morgan fingerprint density at radius 3 is 2.63 bits per heavy atom. The summed E-state index contributed by atoms with van der Waals surface area (Å²) in [5.41, 5.74) is 1.18. The van der Waals surface area contributed by atoms with E-state index in [0.29, 0.717) is 6.54 Å². The molecule has 1 atom stereocenters. The van der Waals surface area contributed by atoms with Gasteiger partial charge in [0.2, 0.25) is 5.91 Å². The van der Waals surface area contributed by atoms with Crippen molar-refractivity contribution >= 4 is 17.5 Å². The van der Waals surface area contributed by atoms with Crippen molar-refractivity contribution in [3.05, 3.63) is 60.1 Å². The second-order valence-electron chi connectivity index (χ2n) is 4.25. The SMILES string of the molecule is O=C(CCl)NCC[C@@H](c1ccccc1)c1ccco1. The van der Waals surface area contributed by atoms with Gasteiger partial charge in [-0.25, -0.2) is 0 Å². The van der Waals surface area contributed by atoms with Crippen LogP contribution in [-0.2, 0) is 4.79 Å². The molecule has 0 aliphatic rings. The second kappa shape index (κ2) is 7.00. The lowest BCUT2D eigenvalue weighted by molar-refractivity contribution is -0.118. The lowest BCUT2D eigenvalue weighted by Gasteiger charge is -2.15. The van der Waals surface area contributed by atoms with Crippen molar-refractivity contribution in [1.29, 1.82) is 0 Å². The van der Waals surface area contributed by atoms with Crippen LogP contribution in [0.3, 0.4) is 0 Å². The number of halogens is 1. The van der Waals surface area contributed by atoms with Crippen molar-refractivity contribution in [2.24, 2.45) is 0 Å². The van der Waals surface area contributed by atoms with Crippen LogP contribution in [0.2, 0.25) is 0 Å². The molecule has 1 aromatic carbocycles. The molecule has 2 aromatic rings. The number of carbonyl (C=O) groups is 1. The monoisotopic (exact) mass is 277 g/mol. The fourth-order valence-corrected chi connectivity index (χ4v) is 2.15. The van der Waals surface area contributed by atoms with Gasteiger partial charge < -0.3 is 9.73 Å². The number of furan rings is 1. The van der Waals surface area contributed by atoms with Crippen LogP contribution >= 0.6 is 11.6 Å². The number of alkyl halides is 1. The summed E-state index contributed by atoms with van der Waals surface area (Å²) in [6.45, 7) is 0.575. The third-order valence-corrected chi connectivity index (χ3v) is 3.21. The number of carbonyl (C=O) groups excluding carboxylic acids is 1. The maximum Gasteiger partial charge on any atom is 0.234 e. The average Bonchev–Trinajstić information content (AvgIpc) is 2.98. The maximum absolute atomic E-state index is 11.1. The fourth-order valence-electron chi connectivity index (χ4n) is 2.05. The van der Waals surface area contributed by atoms with Crippen LogP contribution in [0.1, 0.15) is 23.7 Å². The van der Waals surface area contributed by atoms with Gasteiger partial charge in [-0.3, -0.25) is 4.79 Å². The molecule has 1 N–H and O–H groups in total. The molecule has 1 amide bonds. The highest BCUT2D eigenvalue weighted by Gasteiger charge is 2.16. The minimum atomic E-state index is -0.145. The lowest BCUT2D eigenvalue weighted by atomic mass is 9.93.